The first-order valence-corrected chi connectivity index (χ1v) is 14.9. The lowest BCUT2D eigenvalue weighted by atomic mass is 10.1. The summed E-state index contributed by atoms with van der Waals surface area (Å²) < 4.78 is 85.9. The molecule has 5 rings (SSSR count). The van der Waals surface area contributed by atoms with Crippen LogP contribution >= 0.6 is 39.5 Å². The summed E-state index contributed by atoms with van der Waals surface area (Å²) in [7, 11) is 0. The zero-order valence-corrected chi connectivity index (χ0v) is 25.4. The lowest BCUT2D eigenvalue weighted by Gasteiger charge is -2.12. The molecule has 42 heavy (non-hydrogen) atoms. The molecule has 3 nitrogen and oxygen atoms in total. The SMILES string of the molecule is Nc1n(CSc2ccccc2C(F)(F)F)c2cc(-c3ccccc3Br)ccc2[n+]1CSc1ccccc1C(F)(F)F.[Cl-]. The summed E-state index contributed by atoms with van der Waals surface area (Å²) in [6, 6.07) is 23.8. The average Bonchev–Trinajstić information content (AvgIpc) is 3.19. The van der Waals surface area contributed by atoms with Gasteiger partial charge in [-0.3, -0.25) is 5.73 Å². The highest BCUT2D eigenvalue weighted by Gasteiger charge is 2.35. The number of thioether (sulfide) groups is 2. The Bertz CT molecular complexity index is 1720. The van der Waals surface area contributed by atoms with E-state index in [0.29, 0.717) is 11.0 Å². The van der Waals surface area contributed by atoms with Crippen LogP contribution in [-0.4, -0.2) is 4.57 Å². The van der Waals surface area contributed by atoms with E-state index < -0.39 is 23.5 Å². The maximum Gasteiger partial charge on any atom is 0.417 e. The van der Waals surface area contributed by atoms with Gasteiger partial charge in [0.15, 0.2) is 0 Å². The van der Waals surface area contributed by atoms with Crippen LogP contribution in [0.4, 0.5) is 32.3 Å². The molecule has 1 aromatic heterocycles. The molecule has 0 atom stereocenters. The minimum Gasteiger partial charge on any atom is -1.00 e. The van der Waals surface area contributed by atoms with Crippen molar-refractivity contribution in [3.63, 3.8) is 0 Å². The van der Waals surface area contributed by atoms with Gasteiger partial charge in [-0.25, -0.2) is 9.13 Å². The fourth-order valence-electron chi connectivity index (χ4n) is 4.42. The monoisotopic (exact) mass is 703 g/mol. The standard InChI is InChI=1S/C29H20BrF6N3S2.ClH/c30-22-10-4-1-7-19(22)18-13-14-23-24(15-18)39(17-41-26-12-6-3-9-21(26)29(34,35)36)27(37)38(23)16-40-25-11-5-2-8-20(25)28(31,32)33;/h1-15,37H,16-17H2;1H. The van der Waals surface area contributed by atoms with Crippen LogP contribution in [0.5, 0.6) is 0 Å². The number of rotatable bonds is 7. The molecule has 0 aliphatic rings. The summed E-state index contributed by atoms with van der Waals surface area (Å²) in [5.41, 5.74) is 8.07. The van der Waals surface area contributed by atoms with Crippen molar-refractivity contribution in [1.29, 1.82) is 0 Å². The van der Waals surface area contributed by atoms with Crippen LogP contribution in [-0.2, 0) is 24.1 Å². The molecule has 0 unspecified atom stereocenters. The molecule has 0 aliphatic heterocycles. The van der Waals surface area contributed by atoms with Crippen molar-refractivity contribution in [2.45, 2.75) is 33.9 Å². The predicted molar refractivity (Wildman–Crippen MR) is 154 cm³/mol. The summed E-state index contributed by atoms with van der Waals surface area (Å²) >= 11 is 5.51. The molecular weight excluding hydrogens is 684 g/mol. The number of hydrogen-bond donors (Lipinski definition) is 1. The van der Waals surface area contributed by atoms with Crippen molar-refractivity contribution in [3.8, 4) is 11.1 Å². The Morgan fingerprint density at radius 1 is 0.738 bits per heavy atom. The molecule has 0 bridgehead atoms. The van der Waals surface area contributed by atoms with Crippen molar-refractivity contribution in [2.24, 2.45) is 0 Å². The Morgan fingerprint density at radius 3 is 1.88 bits per heavy atom. The van der Waals surface area contributed by atoms with Gasteiger partial charge < -0.3 is 12.4 Å². The molecule has 220 valence electrons. The Labute approximate surface area is 260 Å². The summed E-state index contributed by atoms with van der Waals surface area (Å²) in [5, 5.41) is 0. The molecule has 13 heteroatoms. The fraction of sp³-hybridized carbons (Fsp3) is 0.138. The number of nitrogens with zero attached hydrogens (tertiary/aromatic N) is 2. The first-order chi connectivity index (χ1) is 19.4. The minimum absolute atomic E-state index is 0. The second kappa shape index (κ2) is 12.8. The van der Waals surface area contributed by atoms with E-state index >= 15 is 0 Å². The number of nitrogen functional groups attached to an aromatic ring is 1. The van der Waals surface area contributed by atoms with Crippen molar-refractivity contribution in [1.82, 2.24) is 4.57 Å². The van der Waals surface area contributed by atoms with Gasteiger partial charge in [0.2, 0.25) is 0 Å². The maximum absolute atomic E-state index is 13.6. The second-order valence-corrected chi connectivity index (χ2v) is 11.8. The molecule has 5 aromatic rings. The van der Waals surface area contributed by atoms with Crippen molar-refractivity contribution in [3.05, 3.63) is 107 Å². The van der Waals surface area contributed by atoms with E-state index in [-0.39, 0.29) is 39.9 Å². The van der Waals surface area contributed by atoms with Gasteiger partial charge in [0.25, 0.3) is 0 Å². The van der Waals surface area contributed by atoms with Gasteiger partial charge in [-0.1, -0.05) is 88.0 Å². The predicted octanol–water partition coefficient (Wildman–Crippen LogP) is 6.48. The zero-order valence-electron chi connectivity index (χ0n) is 21.4. The second-order valence-electron chi connectivity index (χ2n) is 8.93. The Balaban J connectivity index is 0.00000405. The fourth-order valence-corrected chi connectivity index (χ4v) is 7.04. The number of imidazole rings is 1. The van der Waals surface area contributed by atoms with Gasteiger partial charge in [-0.05, 0) is 53.6 Å². The summed E-state index contributed by atoms with van der Waals surface area (Å²) in [4.78, 5) is 0.0920. The lowest BCUT2D eigenvalue weighted by molar-refractivity contribution is -0.635. The highest BCUT2D eigenvalue weighted by molar-refractivity contribution is 9.10. The van der Waals surface area contributed by atoms with Gasteiger partial charge in [0, 0.05) is 14.3 Å². The topological polar surface area (TPSA) is 34.8 Å². The minimum atomic E-state index is -4.52. The summed E-state index contributed by atoms with van der Waals surface area (Å²) in [6.45, 7) is 0. The maximum atomic E-state index is 13.6. The average molecular weight is 705 g/mol. The first kappa shape index (κ1) is 32.1. The Morgan fingerprint density at radius 2 is 1.29 bits per heavy atom. The summed E-state index contributed by atoms with van der Waals surface area (Å²) in [5.74, 6) is 0.310. The third kappa shape index (κ3) is 6.72. The highest BCUT2D eigenvalue weighted by Crippen LogP contribution is 2.39. The van der Waals surface area contributed by atoms with Gasteiger partial charge in [0.1, 0.15) is 22.8 Å². The van der Waals surface area contributed by atoms with Crippen LogP contribution in [0.25, 0.3) is 22.2 Å². The normalized spacial score (nSPS) is 12.0. The van der Waals surface area contributed by atoms with Crippen molar-refractivity contribution < 1.29 is 43.3 Å². The Kier molecular flexibility index (Phi) is 9.81. The van der Waals surface area contributed by atoms with E-state index in [1.165, 1.54) is 36.4 Å². The quantitative estimate of drug-likeness (QED) is 0.120. The van der Waals surface area contributed by atoms with Crippen molar-refractivity contribution in [2.75, 3.05) is 5.73 Å². The number of alkyl halides is 6. The van der Waals surface area contributed by atoms with Gasteiger partial charge in [-0.15, -0.1) is 0 Å². The van der Waals surface area contributed by atoms with E-state index in [1.807, 2.05) is 42.5 Å². The number of aromatic nitrogens is 2. The van der Waals surface area contributed by atoms with Crippen LogP contribution in [0.3, 0.4) is 0 Å². The lowest BCUT2D eigenvalue weighted by Crippen LogP contribution is -3.00. The van der Waals surface area contributed by atoms with E-state index in [4.69, 9.17) is 5.73 Å². The van der Waals surface area contributed by atoms with E-state index in [1.54, 1.807) is 9.13 Å². The smallest absolute Gasteiger partial charge is 0.417 e. The third-order valence-corrected chi connectivity index (χ3v) is 9.18. The molecule has 0 saturated heterocycles. The number of benzene rings is 4. The Hall–Kier alpha value is -2.80. The molecule has 4 aromatic carbocycles. The summed E-state index contributed by atoms with van der Waals surface area (Å²) in [6.07, 6.45) is -9.04. The number of halogens is 8. The third-order valence-electron chi connectivity index (χ3n) is 6.38. The number of hydrogen-bond acceptors (Lipinski definition) is 3. The van der Waals surface area contributed by atoms with Gasteiger partial charge >= 0.3 is 18.3 Å². The highest BCUT2D eigenvalue weighted by atomic mass is 79.9. The number of anilines is 1. The van der Waals surface area contributed by atoms with Crippen LogP contribution in [0.15, 0.2) is 105 Å². The van der Waals surface area contributed by atoms with Gasteiger partial charge in [-0.2, -0.15) is 26.3 Å². The molecule has 0 amide bonds. The van der Waals surface area contributed by atoms with Crippen LogP contribution in [0.1, 0.15) is 11.1 Å². The van der Waals surface area contributed by atoms with Crippen LogP contribution in [0, 0.1) is 0 Å². The van der Waals surface area contributed by atoms with E-state index in [9.17, 15) is 26.3 Å². The first-order valence-electron chi connectivity index (χ1n) is 12.1. The molecule has 2 N–H and O–H groups in total. The molecule has 0 spiro atoms. The molecule has 0 aliphatic carbocycles. The van der Waals surface area contributed by atoms with E-state index in [2.05, 4.69) is 15.9 Å². The van der Waals surface area contributed by atoms with Crippen LogP contribution < -0.4 is 22.7 Å². The van der Waals surface area contributed by atoms with E-state index in [0.717, 1.165) is 51.3 Å². The zero-order chi connectivity index (χ0) is 29.4. The van der Waals surface area contributed by atoms with Gasteiger partial charge in [0.05, 0.1) is 11.1 Å². The molecule has 0 radical (unpaired) electrons. The number of fused-ring (bicyclic) bond motifs is 1. The van der Waals surface area contributed by atoms with Crippen LogP contribution in [0.2, 0.25) is 0 Å². The number of nitrogens with two attached hydrogens (primary N) is 1. The molecule has 1 heterocycles. The molecule has 0 fully saturated rings. The molecular formula is C29H21BrClF6N3S2. The van der Waals surface area contributed by atoms with Crippen molar-refractivity contribution >= 4 is 56.4 Å². The molecule has 0 saturated carbocycles. The largest absolute Gasteiger partial charge is 1.00 e.